The van der Waals surface area contributed by atoms with Crippen molar-refractivity contribution in [1.29, 1.82) is 0 Å². The summed E-state index contributed by atoms with van der Waals surface area (Å²) in [7, 11) is 0. The van der Waals surface area contributed by atoms with Crippen molar-refractivity contribution in [3.63, 3.8) is 0 Å². The molecule has 1 atom stereocenters. The fourth-order valence-electron chi connectivity index (χ4n) is 3.89. The van der Waals surface area contributed by atoms with Crippen molar-refractivity contribution < 1.29 is 4.92 Å². The monoisotopic (exact) mass is 393 g/mol. The Morgan fingerprint density at radius 3 is 2.76 bits per heavy atom. The number of benzene rings is 2. The third kappa shape index (κ3) is 3.97. The summed E-state index contributed by atoms with van der Waals surface area (Å²) < 4.78 is 0. The van der Waals surface area contributed by atoms with Crippen LogP contribution in [0.1, 0.15) is 18.9 Å². The Labute approximate surface area is 167 Å². The molecule has 1 aliphatic rings. The van der Waals surface area contributed by atoms with Gasteiger partial charge in [-0.1, -0.05) is 30.3 Å². The first-order chi connectivity index (χ1) is 14.0. The number of anilines is 1. The number of nitro groups is 1. The summed E-state index contributed by atoms with van der Waals surface area (Å²) in [4.78, 5) is 34.4. The molecular weight excluding hydrogens is 370 g/mol. The van der Waals surface area contributed by atoms with Crippen molar-refractivity contribution >= 4 is 22.3 Å². The quantitative estimate of drug-likeness (QED) is 0.541. The van der Waals surface area contributed by atoms with Crippen LogP contribution in [0.25, 0.3) is 10.9 Å². The van der Waals surface area contributed by atoms with Crippen LogP contribution in [0.3, 0.4) is 0 Å². The van der Waals surface area contributed by atoms with Crippen LogP contribution in [0.4, 0.5) is 11.4 Å². The van der Waals surface area contributed by atoms with Crippen molar-refractivity contribution in [2.24, 2.45) is 0 Å². The third-order valence-corrected chi connectivity index (χ3v) is 5.60. The maximum Gasteiger partial charge on any atom is 0.293 e. The van der Waals surface area contributed by atoms with Gasteiger partial charge in [-0.2, -0.15) is 0 Å². The minimum absolute atomic E-state index is 0.0554. The van der Waals surface area contributed by atoms with Gasteiger partial charge in [-0.05, 0) is 25.0 Å². The number of H-pyrrole nitrogens is 1. The third-order valence-electron chi connectivity index (χ3n) is 5.60. The molecule has 2 aromatic carbocycles. The minimum Gasteiger partial charge on any atom is -0.365 e. The lowest BCUT2D eigenvalue weighted by Gasteiger charge is -2.26. The van der Waals surface area contributed by atoms with Crippen LogP contribution < -0.4 is 10.5 Å². The average Bonchev–Trinajstić information content (AvgIpc) is 2.90. The van der Waals surface area contributed by atoms with Crippen LogP contribution in [0, 0.1) is 10.1 Å². The maximum atomic E-state index is 12.0. The zero-order valence-electron chi connectivity index (χ0n) is 16.2. The molecule has 0 saturated carbocycles. The largest absolute Gasteiger partial charge is 0.365 e. The van der Waals surface area contributed by atoms with Crippen LogP contribution in [-0.2, 0) is 6.54 Å². The normalized spacial score (nSPS) is 18.0. The van der Waals surface area contributed by atoms with Gasteiger partial charge in [0.05, 0.1) is 22.2 Å². The van der Waals surface area contributed by atoms with E-state index < -0.39 is 4.92 Å². The highest BCUT2D eigenvalue weighted by molar-refractivity contribution is 5.87. The van der Waals surface area contributed by atoms with E-state index in [1.807, 2.05) is 23.1 Å². The molecule has 1 N–H and O–H groups in total. The number of rotatable bonds is 4. The van der Waals surface area contributed by atoms with Crippen LogP contribution >= 0.6 is 0 Å². The fraction of sp³-hybridized carbons (Fsp3) is 0.333. The van der Waals surface area contributed by atoms with Crippen molar-refractivity contribution in [3.8, 4) is 0 Å². The fourth-order valence-corrected chi connectivity index (χ4v) is 3.89. The molecule has 0 radical (unpaired) electrons. The topological polar surface area (TPSA) is 95.4 Å². The number of nitrogens with zero attached hydrogens (tertiary/aromatic N) is 4. The summed E-state index contributed by atoms with van der Waals surface area (Å²) in [5, 5.41) is 11.9. The van der Waals surface area contributed by atoms with Gasteiger partial charge >= 0.3 is 0 Å². The molecule has 1 aromatic heterocycles. The second kappa shape index (κ2) is 8.00. The molecule has 3 aromatic rings. The first kappa shape index (κ1) is 19.1. The number of aromatic nitrogens is 2. The molecule has 0 amide bonds. The van der Waals surface area contributed by atoms with E-state index in [9.17, 15) is 14.9 Å². The van der Waals surface area contributed by atoms with Crippen molar-refractivity contribution in [1.82, 2.24) is 14.9 Å². The van der Waals surface area contributed by atoms with Gasteiger partial charge in [-0.3, -0.25) is 19.8 Å². The van der Waals surface area contributed by atoms with E-state index in [2.05, 4.69) is 33.9 Å². The van der Waals surface area contributed by atoms with E-state index in [0.717, 1.165) is 19.5 Å². The van der Waals surface area contributed by atoms with E-state index in [1.165, 1.54) is 18.0 Å². The van der Waals surface area contributed by atoms with E-state index in [1.54, 1.807) is 6.07 Å². The molecule has 4 rings (SSSR count). The Kier molecular flexibility index (Phi) is 5.26. The predicted molar refractivity (Wildman–Crippen MR) is 112 cm³/mol. The van der Waals surface area contributed by atoms with Crippen molar-refractivity contribution in [2.45, 2.75) is 25.9 Å². The molecule has 8 nitrogen and oxygen atoms in total. The van der Waals surface area contributed by atoms with Crippen LogP contribution in [0.2, 0.25) is 0 Å². The average molecular weight is 393 g/mol. The van der Waals surface area contributed by atoms with Crippen molar-refractivity contribution in [3.05, 3.63) is 74.8 Å². The van der Waals surface area contributed by atoms with E-state index in [-0.39, 0.29) is 16.6 Å². The van der Waals surface area contributed by atoms with Gasteiger partial charge in [-0.15, -0.1) is 0 Å². The Bertz CT molecular complexity index is 1080. The second-order valence-electron chi connectivity index (χ2n) is 7.43. The highest BCUT2D eigenvalue weighted by Gasteiger charge is 2.26. The summed E-state index contributed by atoms with van der Waals surface area (Å²) in [5.74, 6) is 0. The first-order valence-corrected chi connectivity index (χ1v) is 9.71. The lowest BCUT2D eigenvalue weighted by molar-refractivity contribution is -0.384. The molecule has 1 aliphatic heterocycles. The number of aromatic amines is 1. The highest BCUT2D eigenvalue weighted by Crippen LogP contribution is 2.32. The molecule has 0 spiro atoms. The highest BCUT2D eigenvalue weighted by atomic mass is 16.6. The van der Waals surface area contributed by atoms with E-state index in [4.69, 9.17) is 0 Å². The van der Waals surface area contributed by atoms with E-state index >= 15 is 0 Å². The number of fused-ring (bicyclic) bond motifs is 1. The predicted octanol–water partition coefficient (Wildman–Crippen LogP) is 2.93. The molecule has 1 fully saturated rings. The summed E-state index contributed by atoms with van der Waals surface area (Å²) in [5.41, 5.74) is 1.82. The number of hydrogen-bond donors (Lipinski definition) is 1. The SMILES string of the molecule is CC1CCN(c2cc3nc[nH]c(=O)c3cc2[N+](=O)[O-])CCN1Cc1ccccc1. The van der Waals surface area contributed by atoms with Gasteiger partial charge < -0.3 is 9.88 Å². The Balaban J connectivity index is 1.63. The second-order valence-corrected chi connectivity index (χ2v) is 7.43. The molecule has 8 heteroatoms. The van der Waals surface area contributed by atoms with Gasteiger partial charge in [0.15, 0.2) is 0 Å². The van der Waals surface area contributed by atoms with Crippen LogP contribution in [0.15, 0.2) is 53.6 Å². The summed E-state index contributed by atoms with van der Waals surface area (Å²) >= 11 is 0. The van der Waals surface area contributed by atoms with Crippen LogP contribution in [0.5, 0.6) is 0 Å². The Morgan fingerprint density at radius 2 is 2.00 bits per heavy atom. The smallest absolute Gasteiger partial charge is 0.293 e. The number of hydrogen-bond acceptors (Lipinski definition) is 6. The number of nitro benzene ring substituents is 1. The molecule has 2 heterocycles. The number of nitrogens with one attached hydrogen (secondary N) is 1. The zero-order valence-corrected chi connectivity index (χ0v) is 16.2. The molecule has 150 valence electrons. The van der Waals surface area contributed by atoms with Gasteiger partial charge in [-0.25, -0.2) is 4.98 Å². The molecule has 0 bridgehead atoms. The van der Waals surface area contributed by atoms with Gasteiger partial charge in [0.2, 0.25) is 0 Å². The molecule has 0 aliphatic carbocycles. The van der Waals surface area contributed by atoms with Crippen molar-refractivity contribution in [2.75, 3.05) is 24.5 Å². The standard InChI is InChI=1S/C21H23N5O3/c1-15-7-8-24(9-10-25(15)13-16-5-3-2-4-6-16)19-12-18-17(11-20(19)26(28)29)21(27)23-14-22-18/h2-6,11-12,14-15H,7-10,13H2,1H3,(H,22,23,27). The summed E-state index contributed by atoms with van der Waals surface area (Å²) in [6.07, 6.45) is 2.22. The van der Waals surface area contributed by atoms with Crippen LogP contribution in [-0.4, -0.2) is 45.5 Å². The summed E-state index contributed by atoms with van der Waals surface area (Å²) in [6, 6.07) is 13.7. The molecular formula is C21H23N5O3. The summed E-state index contributed by atoms with van der Waals surface area (Å²) in [6.45, 7) is 5.23. The van der Waals surface area contributed by atoms with E-state index in [0.29, 0.717) is 30.3 Å². The first-order valence-electron chi connectivity index (χ1n) is 9.71. The maximum absolute atomic E-state index is 12.0. The molecule has 29 heavy (non-hydrogen) atoms. The van der Waals surface area contributed by atoms with Gasteiger partial charge in [0.1, 0.15) is 5.69 Å². The van der Waals surface area contributed by atoms with Gasteiger partial charge in [0.25, 0.3) is 11.2 Å². The lowest BCUT2D eigenvalue weighted by Crippen LogP contribution is -2.34. The zero-order chi connectivity index (χ0) is 20.4. The minimum atomic E-state index is -0.419. The van der Waals surface area contributed by atoms with Gasteiger partial charge in [0, 0.05) is 38.3 Å². The Morgan fingerprint density at radius 1 is 1.21 bits per heavy atom. The Hall–Kier alpha value is -3.26. The lowest BCUT2D eigenvalue weighted by atomic mass is 10.1. The molecule has 1 unspecified atom stereocenters. The molecule has 1 saturated heterocycles.